The summed E-state index contributed by atoms with van der Waals surface area (Å²) in [6.07, 6.45) is 0. The molecule has 0 unspecified atom stereocenters. The van der Waals surface area contributed by atoms with E-state index in [1.807, 2.05) is 13.0 Å². The van der Waals surface area contributed by atoms with Gasteiger partial charge in [0.1, 0.15) is 0 Å². The monoisotopic (exact) mass is 373 g/mol. The molecule has 3 nitrogen and oxygen atoms in total. The molecule has 20 heavy (non-hydrogen) atoms. The molecule has 0 aromatic heterocycles. The molecule has 106 valence electrons. The fourth-order valence-electron chi connectivity index (χ4n) is 1.88. The van der Waals surface area contributed by atoms with Crippen LogP contribution in [-0.2, 0) is 10.0 Å². The van der Waals surface area contributed by atoms with E-state index in [4.69, 9.17) is 11.6 Å². The number of benzene rings is 2. The molecule has 0 aliphatic rings. The Hall–Kier alpha value is -1.04. The summed E-state index contributed by atoms with van der Waals surface area (Å²) in [5.74, 6) is 0. The van der Waals surface area contributed by atoms with Crippen LogP contribution in [0.4, 0.5) is 5.69 Å². The predicted octanol–water partition coefficient (Wildman–Crippen LogP) is 4.52. The van der Waals surface area contributed by atoms with Crippen molar-refractivity contribution in [2.75, 3.05) is 4.72 Å². The van der Waals surface area contributed by atoms with Crippen LogP contribution in [0, 0.1) is 13.8 Å². The highest BCUT2D eigenvalue weighted by atomic mass is 79.9. The lowest BCUT2D eigenvalue weighted by molar-refractivity contribution is 0.600. The van der Waals surface area contributed by atoms with Gasteiger partial charge in [-0.15, -0.1) is 0 Å². The first-order valence-electron chi connectivity index (χ1n) is 5.85. The molecule has 0 bridgehead atoms. The molecule has 6 heteroatoms. The molecular weight excluding hydrogens is 362 g/mol. The molecule has 0 radical (unpaired) electrons. The summed E-state index contributed by atoms with van der Waals surface area (Å²) in [5, 5.41) is 0.349. The number of anilines is 1. The number of halogens is 2. The topological polar surface area (TPSA) is 46.2 Å². The van der Waals surface area contributed by atoms with E-state index in [1.165, 1.54) is 0 Å². The maximum absolute atomic E-state index is 12.4. The van der Waals surface area contributed by atoms with Gasteiger partial charge in [-0.1, -0.05) is 45.2 Å². The van der Waals surface area contributed by atoms with Crippen LogP contribution in [0.5, 0.6) is 0 Å². The Morgan fingerprint density at radius 3 is 2.45 bits per heavy atom. The molecular formula is C14H13BrClNO2S. The Morgan fingerprint density at radius 1 is 1.10 bits per heavy atom. The third kappa shape index (κ3) is 3.34. The summed E-state index contributed by atoms with van der Waals surface area (Å²) in [4.78, 5) is 0.249. The van der Waals surface area contributed by atoms with E-state index < -0.39 is 10.0 Å². The zero-order valence-corrected chi connectivity index (χ0v) is 14.1. The summed E-state index contributed by atoms with van der Waals surface area (Å²) in [7, 11) is -3.66. The van der Waals surface area contributed by atoms with Crippen LogP contribution in [0.3, 0.4) is 0 Å². The van der Waals surface area contributed by atoms with Crippen molar-refractivity contribution in [2.45, 2.75) is 18.7 Å². The molecule has 2 aromatic rings. The van der Waals surface area contributed by atoms with Crippen LogP contribution in [0.25, 0.3) is 0 Å². The zero-order chi connectivity index (χ0) is 14.9. The van der Waals surface area contributed by atoms with E-state index in [0.29, 0.717) is 16.3 Å². The van der Waals surface area contributed by atoms with Crippen LogP contribution in [0.1, 0.15) is 11.1 Å². The smallest absolute Gasteiger partial charge is 0.262 e. The SMILES string of the molecule is Cc1ccc(S(=O)(=O)Nc2cc(Br)ccc2Cl)c(C)c1. The standard InChI is InChI=1S/C14H13BrClNO2S/c1-9-3-6-14(10(2)7-9)20(18,19)17-13-8-11(15)4-5-12(13)16/h3-8,17H,1-2H3. The lowest BCUT2D eigenvalue weighted by Crippen LogP contribution is -2.14. The highest BCUT2D eigenvalue weighted by molar-refractivity contribution is 9.10. The number of hydrogen-bond donors (Lipinski definition) is 1. The second-order valence-corrected chi connectivity index (χ2v) is 7.47. The number of sulfonamides is 1. The normalized spacial score (nSPS) is 11.4. The van der Waals surface area contributed by atoms with E-state index in [2.05, 4.69) is 20.7 Å². The van der Waals surface area contributed by atoms with Crippen LogP contribution in [0.15, 0.2) is 45.8 Å². The highest BCUT2D eigenvalue weighted by Gasteiger charge is 2.18. The van der Waals surface area contributed by atoms with Gasteiger partial charge in [0.15, 0.2) is 0 Å². The quantitative estimate of drug-likeness (QED) is 0.858. The van der Waals surface area contributed by atoms with Gasteiger partial charge < -0.3 is 0 Å². The lowest BCUT2D eigenvalue weighted by atomic mass is 10.2. The van der Waals surface area contributed by atoms with Crippen LogP contribution in [-0.4, -0.2) is 8.42 Å². The first kappa shape index (κ1) is 15.4. The zero-order valence-electron chi connectivity index (χ0n) is 10.9. The van der Waals surface area contributed by atoms with E-state index in [1.54, 1.807) is 37.3 Å². The molecule has 0 aliphatic heterocycles. The van der Waals surface area contributed by atoms with Gasteiger partial charge in [-0.25, -0.2) is 8.42 Å². The molecule has 0 spiro atoms. The largest absolute Gasteiger partial charge is 0.278 e. The van der Waals surface area contributed by atoms with Crippen molar-refractivity contribution in [3.63, 3.8) is 0 Å². The van der Waals surface area contributed by atoms with E-state index in [9.17, 15) is 8.42 Å². The summed E-state index contributed by atoms with van der Waals surface area (Å²) in [5.41, 5.74) is 2.06. The van der Waals surface area contributed by atoms with Crippen molar-refractivity contribution in [3.05, 3.63) is 57.0 Å². The molecule has 0 aliphatic carbocycles. The van der Waals surface area contributed by atoms with Crippen molar-refractivity contribution in [1.82, 2.24) is 0 Å². The minimum Gasteiger partial charge on any atom is -0.278 e. The number of aryl methyl sites for hydroxylation is 2. The maximum Gasteiger partial charge on any atom is 0.262 e. The van der Waals surface area contributed by atoms with Crippen molar-refractivity contribution in [1.29, 1.82) is 0 Å². The minimum absolute atomic E-state index is 0.249. The van der Waals surface area contributed by atoms with Gasteiger partial charge in [-0.3, -0.25) is 4.72 Å². The van der Waals surface area contributed by atoms with Crippen LogP contribution >= 0.6 is 27.5 Å². The Bertz CT molecular complexity index is 760. The van der Waals surface area contributed by atoms with Gasteiger partial charge in [-0.05, 0) is 43.7 Å². The Morgan fingerprint density at radius 2 is 1.80 bits per heavy atom. The average molecular weight is 375 g/mol. The fourth-order valence-corrected chi connectivity index (χ4v) is 3.76. The lowest BCUT2D eigenvalue weighted by Gasteiger charge is -2.12. The number of rotatable bonds is 3. The van der Waals surface area contributed by atoms with Crippen molar-refractivity contribution >= 4 is 43.2 Å². The van der Waals surface area contributed by atoms with E-state index in [-0.39, 0.29) is 4.90 Å². The first-order valence-corrected chi connectivity index (χ1v) is 8.50. The molecule has 0 heterocycles. The van der Waals surface area contributed by atoms with Gasteiger partial charge >= 0.3 is 0 Å². The average Bonchev–Trinajstić information content (AvgIpc) is 2.33. The summed E-state index contributed by atoms with van der Waals surface area (Å²) < 4.78 is 28.1. The highest BCUT2D eigenvalue weighted by Crippen LogP contribution is 2.28. The number of hydrogen-bond acceptors (Lipinski definition) is 2. The van der Waals surface area contributed by atoms with Gasteiger partial charge in [-0.2, -0.15) is 0 Å². The molecule has 2 aromatic carbocycles. The van der Waals surface area contributed by atoms with Crippen LogP contribution in [0.2, 0.25) is 5.02 Å². The van der Waals surface area contributed by atoms with Gasteiger partial charge in [0, 0.05) is 4.47 Å². The molecule has 0 atom stereocenters. The molecule has 0 saturated carbocycles. The van der Waals surface area contributed by atoms with E-state index >= 15 is 0 Å². The Kier molecular flexibility index (Phi) is 4.42. The third-order valence-electron chi connectivity index (χ3n) is 2.79. The van der Waals surface area contributed by atoms with Crippen molar-refractivity contribution in [2.24, 2.45) is 0 Å². The molecule has 0 amide bonds. The molecule has 1 N–H and O–H groups in total. The second kappa shape index (κ2) is 5.76. The Labute approximate surface area is 132 Å². The first-order chi connectivity index (χ1) is 9.29. The Balaban J connectivity index is 2.43. The fraction of sp³-hybridized carbons (Fsp3) is 0.143. The van der Waals surface area contributed by atoms with Crippen molar-refractivity contribution in [3.8, 4) is 0 Å². The number of nitrogens with one attached hydrogen (secondary N) is 1. The summed E-state index contributed by atoms with van der Waals surface area (Å²) in [6.45, 7) is 3.69. The second-order valence-electron chi connectivity index (χ2n) is 4.50. The molecule has 0 fully saturated rings. The van der Waals surface area contributed by atoms with Gasteiger partial charge in [0.05, 0.1) is 15.6 Å². The van der Waals surface area contributed by atoms with Crippen molar-refractivity contribution < 1.29 is 8.42 Å². The molecule has 0 saturated heterocycles. The maximum atomic E-state index is 12.4. The van der Waals surface area contributed by atoms with Gasteiger partial charge in [0.25, 0.3) is 10.0 Å². The van der Waals surface area contributed by atoms with Gasteiger partial charge in [0.2, 0.25) is 0 Å². The third-order valence-corrected chi connectivity index (χ3v) is 5.14. The summed E-state index contributed by atoms with van der Waals surface area (Å²) in [6, 6.07) is 10.2. The molecule has 2 rings (SSSR count). The van der Waals surface area contributed by atoms with E-state index in [0.717, 1.165) is 10.0 Å². The summed E-state index contributed by atoms with van der Waals surface area (Å²) >= 11 is 9.30. The van der Waals surface area contributed by atoms with Crippen LogP contribution < -0.4 is 4.72 Å². The minimum atomic E-state index is -3.66. The predicted molar refractivity (Wildman–Crippen MR) is 85.9 cm³/mol.